The van der Waals surface area contributed by atoms with Gasteiger partial charge in [-0.25, -0.2) is 0 Å². The van der Waals surface area contributed by atoms with E-state index in [-0.39, 0.29) is 23.9 Å². The van der Waals surface area contributed by atoms with Gasteiger partial charge in [-0.2, -0.15) is 0 Å². The Morgan fingerprint density at radius 2 is 1.78 bits per heavy atom. The molecule has 5 nitrogen and oxygen atoms in total. The van der Waals surface area contributed by atoms with E-state index in [2.05, 4.69) is 0 Å². The van der Waals surface area contributed by atoms with Crippen molar-refractivity contribution in [3.8, 4) is 0 Å². The summed E-state index contributed by atoms with van der Waals surface area (Å²) in [5, 5.41) is 0. The number of morpholine rings is 1. The van der Waals surface area contributed by atoms with Crippen LogP contribution in [0.1, 0.15) is 32.6 Å². The molecule has 3 aliphatic rings. The molecule has 0 N–H and O–H groups in total. The van der Waals surface area contributed by atoms with Gasteiger partial charge < -0.3 is 19.1 Å². The van der Waals surface area contributed by atoms with Crippen LogP contribution in [0.15, 0.2) is 0 Å². The third kappa shape index (κ3) is 2.04. The van der Waals surface area contributed by atoms with Gasteiger partial charge in [0.2, 0.25) is 5.91 Å². The Morgan fingerprint density at radius 1 is 1.11 bits per heavy atom. The summed E-state index contributed by atoms with van der Waals surface area (Å²) >= 11 is 0. The van der Waals surface area contributed by atoms with Crippen LogP contribution in [-0.2, 0) is 19.0 Å². The van der Waals surface area contributed by atoms with E-state index in [4.69, 9.17) is 14.2 Å². The molecule has 0 aromatic carbocycles. The second-order valence-electron chi connectivity index (χ2n) is 5.49. The molecule has 2 spiro atoms. The summed E-state index contributed by atoms with van der Waals surface area (Å²) in [5.41, 5.74) is -0.162. The van der Waals surface area contributed by atoms with Crippen molar-refractivity contribution in [1.29, 1.82) is 0 Å². The number of carbonyl (C=O) groups excluding carboxylic acids is 1. The molecule has 0 unspecified atom stereocenters. The van der Waals surface area contributed by atoms with E-state index < -0.39 is 0 Å². The minimum Gasteiger partial charge on any atom is -0.363 e. The number of rotatable bonds is 1. The third-order valence-corrected chi connectivity index (χ3v) is 4.45. The van der Waals surface area contributed by atoms with E-state index in [1.165, 1.54) is 0 Å². The predicted molar refractivity (Wildman–Crippen MR) is 64.0 cm³/mol. The van der Waals surface area contributed by atoms with Crippen LogP contribution in [0.5, 0.6) is 0 Å². The summed E-state index contributed by atoms with van der Waals surface area (Å²) in [6.07, 6.45) is 3.57. The number of hydrogen-bond acceptors (Lipinski definition) is 4. The summed E-state index contributed by atoms with van der Waals surface area (Å²) in [7, 11) is 0. The van der Waals surface area contributed by atoms with E-state index in [1.807, 2.05) is 11.8 Å². The highest BCUT2D eigenvalue weighted by Gasteiger charge is 2.49. The van der Waals surface area contributed by atoms with Crippen molar-refractivity contribution in [2.24, 2.45) is 0 Å². The standard InChI is InChI=1S/C13H21NO4/c1-2-14-10-12(18-9-11(14)15)3-5-13(6-4-12)16-7-8-17-13/h2-10H2,1H3. The largest absolute Gasteiger partial charge is 0.363 e. The molecule has 0 atom stereocenters. The molecular formula is C13H21NO4. The van der Waals surface area contributed by atoms with Crippen LogP contribution in [0.4, 0.5) is 0 Å². The normalized spacial score (nSPS) is 30.3. The molecule has 0 aromatic rings. The molecule has 3 fully saturated rings. The van der Waals surface area contributed by atoms with Crippen LogP contribution >= 0.6 is 0 Å². The molecule has 5 heteroatoms. The van der Waals surface area contributed by atoms with Gasteiger partial charge in [0, 0.05) is 25.9 Å². The SMILES string of the molecule is CCN1CC2(CCC3(CC2)OCCO3)OCC1=O. The quantitative estimate of drug-likeness (QED) is 0.699. The Balaban J connectivity index is 1.65. The first-order chi connectivity index (χ1) is 8.67. The van der Waals surface area contributed by atoms with Crippen molar-refractivity contribution >= 4 is 5.91 Å². The Bertz CT molecular complexity index is 328. The average molecular weight is 255 g/mol. The first-order valence-electron chi connectivity index (χ1n) is 6.87. The molecule has 3 rings (SSSR count). The second kappa shape index (κ2) is 4.47. The minimum atomic E-state index is -0.354. The van der Waals surface area contributed by atoms with Crippen molar-refractivity contribution in [1.82, 2.24) is 4.90 Å². The lowest BCUT2D eigenvalue weighted by Gasteiger charge is -2.47. The lowest BCUT2D eigenvalue weighted by molar-refractivity contribution is -0.221. The Kier molecular flexibility index (Phi) is 3.08. The highest BCUT2D eigenvalue weighted by atomic mass is 16.7. The molecule has 0 aromatic heterocycles. The molecule has 1 aliphatic carbocycles. The summed E-state index contributed by atoms with van der Waals surface area (Å²) in [4.78, 5) is 13.6. The lowest BCUT2D eigenvalue weighted by Crippen LogP contribution is -2.57. The number of amides is 1. The van der Waals surface area contributed by atoms with Gasteiger partial charge in [-0.1, -0.05) is 0 Å². The van der Waals surface area contributed by atoms with Crippen molar-refractivity contribution in [2.75, 3.05) is 32.9 Å². The fourth-order valence-electron chi connectivity index (χ4n) is 3.25. The van der Waals surface area contributed by atoms with Crippen LogP contribution in [0.3, 0.4) is 0 Å². The summed E-state index contributed by atoms with van der Waals surface area (Å²) in [5.74, 6) is -0.246. The Labute approximate surface area is 107 Å². The molecule has 1 amide bonds. The fourth-order valence-corrected chi connectivity index (χ4v) is 3.25. The fraction of sp³-hybridized carbons (Fsp3) is 0.923. The minimum absolute atomic E-state index is 0.108. The van der Waals surface area contributed by atoms with Gasteiger partial charge in [0.25, 0.3) is 0 Å². The monoisotopic (exact) mass is 255 g/mol. The maximum absolute atomic E-state index is 11.7. The molecule has 1 saturated carbocycles. The van der Waals surface area contributed by atoms with Gasteiger partial charge in [-0.05, 0) is 19.8 Å². The predicted octanol–water partition coefficient (Wildman–Crippen LogP) is 0.921. The van der Waals surface area contributed by atoms with E-state index in [9.17, 15) is 4.79 Å². The number of hydrogen-bond donors (Lipinski definition) is 0. The first kappa shape index (κ1) is 12.4. The lowest BCUT2D eigenvalue weighted by atomic mass is 9.80. The van der Waals surface area contributed by atoms with Crippen molar-refractivity contribution in [3.63, 3.8) is 0 Å². The smallest absolute Gasteiger partial charge is 0.248 e. The van der Waals surface area contributed by atoms with Gasteiger partial charge in [0.15, 0.2) is 5.79 Å². The number of ether oxygens (including phenoxy) is 3. The first-order valence-corrected chi connectivity index (χ1v) is 6.87. The zero-order valence-corrected chi connectivity index (χ0v) is 10.9. The Morgan fingerprint density at radius 3 is 2.39 bits per heavy atom. The van der Waals surface area contributed by atoms with Crippen LogP contribution in [0, 0.1) is 0 Å². The zero-order valence-electron chi connectivity index (χ0n) is 10.9. The van der Waals surface area contributed by atoms with E-state index in [1.54, 1.807) is 0 Å². The molecular weight excluding hydrogens is 234 g/mol. The van der Waals surface area contributed by atoms with Crippen LogP contribution in [-0.4, -0.2) is 55.1 Å². The number of nitrogens with zero attached hydrogens (tertiary/aromatic N) is 1. The molecule has 2 saturated heterocycles. The Hall–Kier alpha value is -0.650. The third-order valence-electron chi connectivity index (χ3n) is 4.45. The maximum Gasteiger partial charge on any atom is 0.248 e. The van der Waals surface area contributed by atoms with E-state index in [0.717, 1.165) is 38.8 Å². The molecule has 2 heterocycles. The molecule has 18 heavy (non-hydrogen) atoms. The molecule has 102 valence electrons. The van der Waals surface area contributed by atoms with Gasteiger partial charge in [-0.15, -0.1) is 0 Å². The summed E-state index contributed by atoms with van der Waals surface area (Å²) < 4.78 is 17.3. The maximum atomic E-state index is 11.7. The number of likely N-dealkylation sites (N-methyl/N-ethyl adjacent to an activating group) is 1. The van der Waals surface area contributed by atoms with Crippen molar-refractivity contribution in [3.05, 3.63) is 0 Å². The second-order valence-corrected chi connectivity index (χ2v) is 5.49. The zero-order chi connectivity index (χ0) is 12.6. The van der Waals surface area contributed by atoms with Crippen LogP contribution in [0.2, 0.25) is 0 Å². The molecule has 0 bridgehead atoms. The molecule has 0 radical (unpaired) electrons. The van der Waals surface area contributed by atoms with Gasteiger partial charge >= 0.3 is 0 Å². The van der Waals surface area contributed by atoms with Gasteiger partial charge in [0.1, 0.15) is 6.61 Å². The van der Waals surface area contributed by atoms with Crippen molar-refractivity contribution in [2.45, 2.75) is 44.0 Å². The van der Waals surface area contributed by atoms with Gasteiger partial charge in [-0.3, -0.25) is 4.79 Å². The van der Waals surface area contributed by atoms with Crippen LogP contribution < -0.4 is 0 Å². The number of carbonyl (C=O) groups is 1. The molecule has 2 aliphatic heterocycles. The van der Waals surface area contributed by atoms with E-state index in [0.29, 0.717) is 13.2 Å². The van der Waals surface area contributed by atoms with Gasteiger partial charge in [0.05, 0.1) is 18.8 Å². The van der Waals surface area contributed by atoms with E-state index >= 15 is 0 Å². The van der Waals surface area contributed by atoms with Crippen molar-refractivity contribution < 1.29 is 19.0 Å². The summed E-state index contributed by atoms with van der Waals surface area (Å²) in [6.45, 7) is 5.13. The average Bonchev–Trinajstić information content (AvgIpc) is 2.85. The topological polar surface area (TPSA) is 48.0 Å². The van der Waals surface area contributed by atoms with Crippen LogP contribution in [0.25, 0.3) is 0 Å². The summed E-state index contributed by atoms with van der Waals surface area (Å²) in [6, 6.07) is 0. The highest BCUT2D eigenvalue weighted by molar-refractivity contribution is 5.78. The highest BCUT2D eigenvalue weighted by Crippen LogP contribution is 2.43.